The van der Waals surface area contributed by atoms with Gasteiger partial charge in [-0.15, -0.1) is 0 Å². The maximum atomic E-state index is 13.9. The summed E-state index contributed by atoms with van der Waals surface area (Å²) in [6.45, 7) is 7.06. The van der Waals surface area contributed by atoms with Crippen molar-refractivity contribution in [3.8, 4) is 17.2 Å². The Balaban J connectivity index is 1.84. The second-order valence-electron chi connectivity index (χ2n) is 13.6. The molecule has 1 saturated heterocycles. The molecule has 0 radical (unpaired) electrons. The Kier molecular flexibility index (Phi) is 15.9. The van der Waals surface area contributed by atoms with Gasteiger partial charge in [-0.25, -0.2) is 19.9 Å². The fraction of sp³-hybridized carbons (Fsp3) is 0.611. The van der Waals surface area contributed by atoms with E-state index in [-0.39, 0.29) is 54.6 Å². The molecular formula is C36H53N5O10. The summed E-state index contributed by atoms with van der Waals surface area (Å²) >= 11 is 0. The van der Waals surface area contributed by atoms with Gasteiger partial charge in [0.1, 0.15) is 29.7 Å². The van der Waals surface area contributed by atoms with Gasteiger partial charge >= 0.3 is 5.97 Å². The van der Waals surface area contributed by atoms with E-state index in [9.17, 15) is 39.5 Å². The minimum Gasteiger partial charge on any atom is -0.507 e. The van der Waals surface area contributed by atoms with Crippen molar-refractivity contribution in [1.82, 2.24) is 25.7 Å². The first-order valence-corrected chi connectivity index (χ1v) is 17.8. The third kappa shape index (κ3) is 11.8. The van der Waals surface area contributed by atoms with Gasteiger partial charge in [-0.1, -0.05) is 44.7 Å². The van der Waals surface area contributed by atoms with Gasteiger partial charge in [0, 0.05) is 13.1 Å². The van der Waals surface area contributed by atoms with Crippen LogP contribution in [0, 0.1) is 12.3 Å². The lowest BCUT2D eigenvalue weighted by molar-refractivity contribution is -0.169. The average Bonchev–Trinajstić information content (AvgIpc) is 3.42. The topological polar surface area (TPSA) is 212 Å². The van der Waals surface area contributed by atoms with Gasteiger partial charge in [0.15, 0.2) is 5.69 Å². The second kappa shape index (κ2) is 19.8. The molecule has 5 N–H and O–H groups in total. The maximum Gasteiger partial charge on any atom is 0.328 e. The van der Waals surface area contributed by atoms with Crippen LogP contribution in [0.4, 0.5) is 0 Å². The van der Waals surface area contributed by atoms with Crippen LogP contribution in [0.5, 0.6) is 5.75 Å². The van der Waals surface area contributed by atoms with Crippen molar-refractivity contribution in [3.63, 3.8) is 0 Å². The summed E-state index contributed by atoms with van der Waals surface area (Å²) in [7, 11) is 0. The fourth-order valence-electron chi connectivity index (χ4n) is 5.90. The predicted molar refractivity (Wildman–Crippen MR) is 184 cm³/mol. The first kappa shape index (κ1) is 40.9. The minimum absolute atomic E-state index is 0.00425. The molecule has 51 heavy (non-hydrogen) atoms. The average molecular weight is 716 g/mol. The van der Waals surface area contributed by atoms with Crippen LogP contribution in [0.25, 0.3) is 11.5 Å². The van der Waals surface area contributed by atoms with Crippen LogP contribution in [0.1, 0.15) is 114 Å². The van der Waals surface area contributed by atoms with E-state index in [1.807, 2.05) is 0 Å². The maximum absolute atomic E-state index is 13.9. The highest BCUT2D eigenvalue weighted by molar-refractivity contribution is 5.96. The van der Waals surface area contributed by atoms with Crippen molar-refractivity contribution < 1.29 is 48.6 Å². The number of aromatic hydroxyl groups is 1. The van der Waals surface area contributed by atoms with E-state index in [0.717, 1.165) is 25.7 Å². The number of unbranched alkanes of at least 4 members (excludes halogenated alkanes) is 5. The predicted octanol–water partition coefficient (Wildman–Crippen LogP) is 4.66. The fourth-order valence-corrected chi connectivity index (χ4v) is 5.90. The van der Waals surface area contributed by atoms with E-state index >= 15 is 0 Å². The van der Waals surface area contributed by atoms with Crippen molar-refractivity contribution in [2.24, 2.45) is 5.41 Å². The molecule has 4 amide bonds. The molecule has 0 spiro atoms. The monoisotopic (exact) mass is 715 g/mol. The summed E-state index contributed by atoms with van der Waals surface area (Å²) < 4.78 is 11.7. The van der Waals surface area contributed by atoms with Gasteiger partial charge in [0.05, 0.1) is 11.0 Å². The third-order valence-electron chi connectivity index (χ3n) is 9.18. The van der Waals surface area contributed by atoms with E-state index in [1.54, 1.807) is 32.0 Å². The third-order valence-corrected chi connectivity index (χ3v) is 9.18. The van der Waals surface area contributed by atoms with Crippen molar-refractivity contribution in [1.29, 1.82) is 0 Å². The number of hydroxylamine groups is 4. The van der Waals surface area contributed by atoms with Crippen molar-refractivity contribution in [3.05, 3.63) is 35.7 Å². The Hall–Kier alpha value is -4.50. The number of carbonyl (C=O) groups excluding carboxylic acids is 5. The molecule has 15 heteroatoms. The number of para-hydroxylation sites is 1. The highest BCUT2D eigenvalue weighted by atomic mass is 16.5. The zero-order valence-electron chi connectivity index (χ0n) is 30.1. The summed E-state index contributed by atoms with van der Waals surface area (Å²) in [6, 6.07) is 4.21. The van der Waals surface area contributed by atoms with Gasteiger partial charge < -0.3 is 24.9 Å². The number of carbonyl (C=O) groups is 5. The SMILES string of the molecule is CCCCCCC[C@@H](OC(=O)[C@@H](CCCCN(O)C=O)NC(=O)c1nc(-c2ccccc2O)oc1C)C(C)(C)C(=O)N[C@H]1CCCCN(O)C1=O. The summed E-state index contributed by atoms with van der Waals surface area (Å²) in [5, 5.41) is 36.4. The summed E-state index contributed by atoms with van der Waals surface area (Å²) in [5.41, 5.74) is -1.14. The molecule has 15 nitrogen and oxygen atoms in total. The highest BCUT2D eigenvalue weighted by Gasteiger charge is 2.42. The van der Waals surface area contributed by atoms with Crippen LogP contribution in [0.15, 0.2) is 28.7 Å². The first-order chi connectivity index (χ1) is 24.3. The van der Waals surface area contributed by atoms with Gasteiger partial charge in [-0.2, -0.15) is 0 Å². The van der Waals surface area contributed by atoms with Crippen LogP contribution in [-0.4, -0.2) is 92.0 Å². The Bertz CT molecular complexity index is 1480. The molecule has 2 heterocycles. The zero-order valence-corrected chi connectivity index (χ0v) is 30.1. The van der Waals surface area contributed by atoms with Crippen LogP contribution < -0.4 is 10.6 Å². The molecule has 1 fully saturated rings. The number of esters is 1. The first-order valence-electron chi connectivity index (χ1n) is 17.8. The number of hydrogen-bond acceptors (Lipinski definition) is 11. The highest BCUT2D eigenvalue weighted by Crippen LogP contribution is 2.31. The lowest BCUT2D eigenvalue weighted by Crippen LogP contribution is -2.54. The number of rotatable bonds is 20. The number of aryl methyl sites for hydroxylation is 1. The number of nitrogens with zero attached hydrogens (tertiary/aromatic N) is 3. The summed E-state index contributed by atoms with van der Waals surface area (Å²) in [5.74, 6) is -2.58. The number of ether oxygens (including phenoxy) is 1. The number of nitrogens with one attached hydrogen (secondary N) is 2. The number of oxazole rings is 1. The smallest absolute Gasteiger partial charge is 0.328 e. The van der Waals surface area contributed by atoms with E-state index in [2.05, 4.69) is 22.5 Å². The Morgan fingerprint density at radius 1 is 1.12 bits per heavy atom. The molecule has 1 aromatic carbocycles. The number of phenols is 1. The van der Waals surface area contributed by atoms with Crippen LogP contribution in [0.2, 0.25) is 0 Å². The molecule has 0 saturated carbocycles. The Morgan fingerprint density at radius 2 is 1.82 bits per heavy atom. The van der Waals surface area contributed by atoms with Crippen molar-refractivity contribution in [2.75, 3.05) is 13.1 Å². The van der Waals surface area contributed by atoms with E-state index in [4.69, 9.17) is 9.15 Å². The molecule has 3 rings (SSSR count). The summed E-state index contributed by atoms with van der Waals surface area (Å²) in [4.78, 5) is 69.1. The molecule has 0 aliphatic carbocycles. The molecule has 1 aliphatic rings. The second-order valence-corrected chi connectivity index (χ2v) is 13.6. The van der Waals surface area contributed by atoms with E-state index in [0.29, 0.717) is 55.1 Å². The number of aromatic nitrogens is 1. The molecule has 1 aromatic heterocycles. The number of amides is 4. The molecule has 2 aromatic rings. The van der Waals surface area contributed by atoms with Crippen LogP contribution in [0.3, 0.4) is 0 Å². The van der Waals surface area contributed by atoms with Crippen molar-refractivity contribution >= 4 is 30.1 Å². The standard InChI is InChI=1S/C36H53N5O10/c1-5-6-7-8-9-20-29(36(3,4)35(47)38-26-17-13-15-22-41(49)33(26)45)51-34(46)27(18-12-14-21-40(48)23-42)37-31(44)30-24(2)50-32(39-30)25-16-10-11-19-28(25)43/h10-11,16,19,23,26-27,29,43,48-49H,5-9,12-15,17-18,20-22H2,1-4H3,(H,37,44)(H,38,47)/t26-,27+,29+/m0/s1. The molecule has 1 aliphatic heterocycles. The van der Waals surface area contributed by atoms with E-state index in [1.165, 1.54) is 13.0 Å². The molecule has 0 bridgehead atoms. The Labute approximate surface area is 298 Å². The van der Waals surface area contributed by atoms with Crippen molar-refractivity contribution in [2.45, 2.75) is 123 Å². The molecular weight excluding hydrogens is 662 g/mol. The van der Waals surface area contributed by atoms with Gasteiger partial charge in [-0.05, 0) is 84.3 Å². The number of hydrogen-bond donors (Lipinski definition) is 5. The lowest BCUT2D eigenvalue weighted by Gasteiger charge is -2.35. The molecule has 0 unspecified atom stereocenters. The zero-order chi connectivity index (χ0) is 37.6. The number of phenolic OH excluding ortho intramolecular Hbond substituents is 1. The molecule has 282 valence electrons. The van der Waals surface area contributed by atoms with Gasteiger partial charge in [0.2, 0.25) is 18.2 Å². The normalized spacial score (nSPS) is 16.2. The van der Waals surface area contributed by atoms with Gasteiger partial charge in [-0.3, -0.25) is 29.6 Å². The van der Waals surface area contributed by atoms with Crippen LogP contribution >= 0.6 is 0 Å². The minimum atomic E-state index is -1.31. The van der Waals surface area contributed by atoms with E-state index < -0.39 is 47.3 Å². The lowest BCUT2D eigenvalue weighted by atomic mass is 9.82. The quantitative estimate of drug-likeness (QED) is 0.0418. The largest absolute Gasteiger partial charge is 0.507 e. The molecule has 3 atom stereocenters. The Morgan fingerprint density at radius 3 is 2.53 bits per heavy atom. The summed E-state index contributed by atoms with van der Waals surface area (Å²) in [6.07, 6.45) is 6.46. The van der Waals surface area contributed by atoms with Crippen LogP contribution in [-0.2, 0) is 23.9 Å². The van der Waals surface area contributed by atoms with Gasteiger partial charge in [0.25, 0.3) is 11.8 Å². The number of benzene rings is 1.